The summed E-state index contributed by atoms with van der Waals surface area (Å²) in [5.74, 6) is 0.748. The van der Waals surface area contributed by atoms with Gasteiger partial charge in [-0.3, -0.25) is 14.8 Å². The molecular formula is C24H28N4O3. The lowest BCUT2D eigenvalue weighted by Crippen LogP contribution is -2.38. The van der Waals surface area contributed by atoms with Gasteiger partial charge >= 0.3 is 0 Å². The van der Waals surface area contributed by atoms with Crippen LogP contribution in [0.4, 0.5) is 0 Å². The Morgan fingerprint density at radius 1 is 1.13 bits per heavy atom. The molecule has 7 heteroatoms. The molecule has 0 radical (unpaired) electrons. The van der Waals surface area contributed by atoms with Gasteiger partial charge in [0.25, 0.3) is 5.91 Å². The number of hydrogen-bond acceptors (Lipinski definition) is 5. The summed E-state index contributed by atoms with van der Waals surface area (Å²) in [4.78, 5) is 14.8. The quantitative estimate of drug-likeness (QED) is 0.547. The number of ether oxygens (including phenoxy) is 2. The van der Waals surface area contributed by atoms with E-state index in [1.54, 1.807) is 7.11 Å². The Bertz CT molecular complexity index is 994. The van der Waals surface area contributed by atoms with Gasteiger partial charge in [-0.25, -0.2) is 0 Å². The molecule has 31 heavy (non-hydrogen) atoms. The van der Waals surface area contributed by atoms with Crippen LogP contribution in [0.1, 0.15) is 16.8 Å². The average molecular weight is 421 g/mol. The van der Waals surface area contributed by atoms with Crippen LogP contribution in [0.5, 0.6) is 5.75 Å². The maximum absolute atomic E-state index is 12.4. The van der Waals surface area contributed by atoms with Crippen LogP contribution in [-0.4, -0.2) is 67.5 Å². The molecule has 2 N–H and O–H groups in total. The van der Waals surface area contributed by atoms with Crippen molar-refractivity contribution in [2.45, 2.75) is 6.42 Å². The molecule has 1 amide bonds. The number of amides is 1. The number of carbonyl (C=O) groups excluding carboxylic acids is 1. The van der Waals surface area contributed by atoms with Crippen LogP contribution in [0.25, 0.3) is 22.5 Å². The first-order valence-corrected chi connectivity index (χ1v) is 10.6. The second-order valence-corrected chi connectivity index (χ2v) is 7.54. The Labute approximate surface area is 182 Å². The highest BCUT2D eigenvalue weighted by Gasteiger charge is 2.11. The monoisotopic (exact) mass is 420 g/mol. The molecule has 1 aliphatic heterocycles. The predicted molar refractivity (Wildman–Crippen MR) is 120 cm³/mol. The molecule has 4 rings (SSSR count). The average Bonchev–Trinajstić information content (AvgIpc) is 3.33. The number of methoxy groups -OCH3 is 1. The van der Waals surface area contributed by atoms with Gasteiger partial charge in [0.2, 0.25) is 0 Å². The summed E-state index contributed by atoms with van der Waals surface area (Å²) in [6.07, 6.45) is 0.936. The lowest BCUT2D eigenvalue weighted by molar-refractivity contribution is 0.0374. The van der Waals surface area contributed by atoms with E-state index < -0.39 is 0 Å². The van der Waals surface area contributed by atoms with Crippen LogP contribution >= 0.6 is 0 Å². The highest BCUT2D eigenvalue weighted by molar-refractivity contribution is 5.94. The van der Waals surface area contributed by atoms with E-state index >= 15 is 0 Å². The van der Waals surface area contributed by atoms with Crippen LogP contribution in [-0.2, 0) is 4.74 Å². The second kappa shape index (κ2) is 10.2. The normalized spacial score (nSPS) is 14.4. The summed E-state index contributed by atoms with van der Waals surface area (Å²) in [6, 6.07) is 17.4. The van der Waals surface area contributed by atoms with Gasteiger partial charge in [-0.2, -0.15) is 5.10 Å². The van der Waals surface area contributed by atoms with Crippen molar-refractivity contribution in [1.82, 2.24) is 20.4 Å². The molecule has 3 aromatic rings. The summed E-state index contributed by atoms with van der Waals surface area (Å²) in [7, 11) is 1.65. The zero-order valence-corrected chi connectivity index (χ0v) is 17.8. The second-order valence-electron chi connectivity index (χ2n) is 7.54. The number of aromatic nitrogens is 2. The predicted octanol–water partition coefficient (Wildman–Crippen LogP) is 3.20. The van der Waals surface area contributed by atoms with Crippen molar-refractivity contribution in [3.8, 4) is 28.3 Å². The van der Waals surface area contributed by atoms with Crippen molar-refractivity contribution in [3.05, 3.63) is 60.2 Å². The molecule has 1 fully saturated rings. The molecule has 1 saturated heterocycles. The van der Waals surface area contributed by atoms with Crippen LogP contribution in [0, 0.1) is 0 Å². The van der Waals surface area contributed by atoms with E-state index in [1.807, 2.05) is 54.6 Å². The van der Waals surface area contributed by atoms with Crippen LogP contribution in [0.3, 0.4) is 0 Å². The van der Waals surface area contributed by atoms with E-state index in [2.05, 4.69) is 20.4 Å². The number of nitrogens with zero attached hydrogens (tertiary/aromatic N) is 2. The Morgan fingerprint density at radius 3 is 2.71 bits per heavy atom. The van der Waals surface area contributed by atoms with Crippen LogP contribution in [0.2, 0.25) is 0 Å². The maximum Gasteiger partial charge on any atom is 0.251 e. The number of aromatic amines is 1. The summed E-state index contributed by atoms with van der Waals surface area (Å²) < 4.78 is 10.6. The number of morpholine rings is 1. The standard InChI is InChI=1S/C24H28N4O3/c1-30-21-5-2-4-20(16-21)23-17-22(26-27-23)18-6-8-19(9-7-18)24(29)25-10-3-11-28-12-14-31-15-13-28/h2,4-9,16-17H,3,10-15H2,1H3,(H,25,29)(H,26,27). The van der Waals surface area contributed by atoms with E-state index in [4.69, 9.17) is 9.47 Å². The molecular weight excluding hydrogens is 392 g/mol. The summed E-state index contributed by atoms with van der Waals surface area (Å²) in [5, 5.41) is 10.5. The first-order valence-electron chi connectivity index (χ1n) is 10.6. The van der Waals surface area contributed by atoms with Gasteiger partial charge in [0.1, 0.15) is 5.75 Å². The minimum absolute atomic E-state index is 0.0461. The van der Waals surface area contributed by atoms with Gasteiger partial charge in [-0.05, 0) is 48.9 Å². The van der Waals surface area contributed by atoms with Gasteiger partial charge in [-0.15, -0.1) is 0 Å². The van der Waals surface area contributed by atoms with E-state index in [-0.39, 0.29) is 5.91 Å². The van der Waals surface area contributed by atoms with E-state index in [9.17, 15) is 4.79 Å². The highest BCUT2D eigenvalue weighted by Crippen LogP contribution is 2.26. The van der Waals surface area contributed by atoms with E-state index in [1.165, 1.54) is 0 Å². The minimum atomic E-state index is -0.0461. The summed E-state index contributed by atoms with van der Waals surface area (Å²) in [6.45, 7) is 5.21. The Kier molecular flexibility index (Phi) is 6.96. The topological polar surface area (TPSA) is 79.5 Å². The Hall–Kier alpha value is -3.16. The molecule has 0 unspecified atom stereocenters. The zero-order chi connectivity index (χ0) is 21.5. The van der Waals surface area contributed by atoms with Gasteiger partial charge < -0.3 is 14.8 Å². The molecule has 1 aliphatic rings. The SMILES string of the molecule is COc1cccc(-c2cc(-c3ccc(C(=O)NCCCN4CCOCC4)cc3)[nH]n2)c1. The molecule has 1 aromatic heterocycles. The van der Waals surface area contributed by atoms with Gasteiger partial charge in [-0.1, -0.05) is 24.3 Å². The molecule has 2 heterocycles. The molecule has 0 bridgehead atoms. The number of H-pyrrole nitrogens is 1. The van der Waals surface area contributed by atoms with Crippen molar-refractivity contribution in [3.63, 3.8) is 0 Å². The van der Waals surface area contributed by atoms with E-state index in [0.29, 0.717) is 12.1 Å². The van der Waals surface area contributed by atoms with Crippen molar-refractivity contribution < 1.29 is 14.3 Å². The van der Waals surface area contributed by atoms with Crippen molar-refractivity contribution in [2.75, 3.05) is 46.5 Å². The zero-order valence-electron chi connectivity index (χ0n) is 17.8. The molecule has 7 nitrogen and oxygen atoms in total. The van der Waals surface area contributed by atoms with E-state index in [0.717, 1.165) is 67.5 Å². The van der Waals surface area contributed by atoms with Crippen LogP contribution < -0.4 is 10.1 Å². The van der Waals surface area contributed by atoms with Crippen molar-refractivity contribution >= 4 is 5.91 Å². The summed E-state index contributed by atoms with van der Waals surface area (Å²) in [5.41, 5.74) is 4.36. The number of nitrogens with one attached hydrogen (secondary N) is 2. The highest BCUT2D eigenvalue weighted by atomic mass is 16.5. The lowest BCUT2D eigenvalue weighted by Gasteiger charge is -2.26. The third-order valence-corrected chi connectivity index (χ3v) is 5.44. The smallest absolute Gasteiger partial charge is 0.251 e. The number of benzene rings is 2. The first-order chi connectivity index (χ1) is 15.2. The largest absolute Gasteiger partial charge is 0.497 e. The fourth-order valence-electron chi connectivity index (χ4n) is 3.63. The molecule has 162 valence electrons. The molecule has 0 saturated carbocycles. The van der Waals surface area contributed by atoms with Crippen molar-refractivity contribution in [2.24, 2.45) is 0 Å². The minimum Gasteiger partial charge on any atom is -0.497 e. The molecule has 0 aliphatic carbocycles. The van der Waals surface area contributed by atoms with Gasteiger partial charge in [0, 0.05) is 30.8 Å². The first kappa shape index (κ1) is 21.1. The lowest BCUT2D eigenvalue weighted by atomic mass is 10.1. The molecule has 2 aromatic carbocycles. The van der Waals surface area contributed by atoms with Gasteiger partial charge in [0.15, 0.2) is 0 Å². The molecule has 0 spiro atoms. The van der Waals surface area contributed by atoms with Crippen LogP contribution in [0.15, 0.2) is 54.6 Å². The Balaban J connectivity index is 1.31. The fraction of sp³-hybridized carbons (Fsp3) is 0.333. The fourth-order valence-corrected chi connectivity index (χ4v) is 3.63. The number of hydrogen-bond donors (Lipinski definition) is 2. The summed E-state index contributed by atoms with van der Waals surface area (Å²) >= 11 is 0. The number of rotatable bonds is 8. The number of carbonyl (C=O) groups is 1. The Morgan fingerprint density at radius 2 is 1.94 bits per heavy atom. The maximum atomic E-state index is 12.4. The third-order valence-electron chi connectivity index (χ3n) is 5.44. The third kappa shape index (κ3) is 5.51. The van der Waals surface area contributed by atoms with Crippen molar-refractivity contribution in [1.29, 1.82) is 0 Å². The molecule has 0 atom stereocenters. The van der Waals surface area contributed by atoms with Gasteiger partial charge in [0.05, 0.1) is 31.7 Å².